The molecule has 2 heteroatoms. The zero-order valence-electron chi connectivity index (χ0n) is 11.1. The third kappa shape index (κ3) is 4.59. The molecule has 0 spiro atoms. The Morgan fingerprint density at radius 1 is 1.29 bits per heavy atom. The van der Waals surface area contributed by atoms with Crippen LogP contribution in [0.25, 0.3) is 0 Å². The molecule has 0 saturated carbocycles. The highest BCUT2D eigenvalue weighted by molar-refractivity contribution is 5.76. The van der Waals surface area contributed by atoms with Gasteiger partial charge in [0.1, 0.15) is 0 Å². The second-order valence-electron chi connectivity index (χ2n) is 4.65. The summed E-state index contributed by atoms with van der Waals surface area (Å²) in [6.45, 7) is 4.22. The molecule has 0 aliphatic carbocycles. The SMILES string of the molecule is CCCCC(=O)N(C)C(C)Cc1ccccc1. The van der Waals surface area contributed by atoms with Crippen molar-refractivity contribution in [3.8, 4) is 0 Å². The smallest absolute Gasteiger partial charge is 0.222 e. The molecule has 17 heavy (non-hydrogen) atoms. The second-order valence-corrected chi connectivity index (χ2v) is 4.65. The van der Waals surface area contributed by atoms with E-state index in [2.05, 4.69) is 26.0 Å². The molecule has 1 aromatic carbocycles. The van der Waals surface area contributed by atoms with E-state index in [0.717, 1.165) is 19.3 Å². The summed E-state index contributed by atoms with van der Waals surface area (Å²) >= 11 is 0. The summed E-state index contributed by atoms with van der Waals surface area (Å²) in [5, 5.41) is 0. The Bertz CT molecular complexity index is 334. The summed E-state index contributed by atoms with van der Waals surface area (Å²) in [6.07, 6.45) is 3.66. The van der Waals surface area contributed by atoms with E-state index in [0.29, 0.717) is 6.42 Å². The lowest BCUT2D eigenvalue weighted by Gasteiger charge is -2.25. The molecule has 0 N–H and O–H groups in total. The Morgan fingerprint density at radius 2 is 1.94 bits per heavy atom. The molecule has 0 heterocycles. The van der Waals surface area contributed by atoms with E-state index in [1.165, 1.54) is 5.56 Å². The van der Waals surface area contributed by atoms with Crippen molar-refractivity contribution in [2.75, 3.05) is 7.05 Å². The maximum Gasteiger partial charge on any atom is 0.222 e. The van der Waals surface area contributed by atoms with Gasteiger partial charge in [0.25, 0.3) is 0 Å². The van der Waals surface area contributed by atoms with E-state index in [1.54, 1.807) is 0 Å². The zero-order chi connectivity index (χ0) is 12.7. The Hall–Kier alpha value is -1.31. The first kappa shape index (κ1) is 13.8. The van der Waals surface area contributed by atoms with Crippen molar-refractivity contribution in [1.29, 1.82) is 0 Å². The van der Waals surface area contributed by atoms with Gasteiger partial charge in [-0.2, -0.15) is 0 Å². The van der Waals surface area contributed by atoms with Crippen molar-refractivity contribution in [3.63, 3.8) is 0 Å². The molecule has 2 nitrogen and oxygen atoms in total. The summed E-state index contributed by atoms with van der Waals surface area (Å²) < 4.78 is 0. The fourth-order valence-electron chi connectivity index (χ4n) is 1.84. The molecule has 94 valence electrons. The standard InChI is InChI=1S/C15H23NO/c1-4-5-11-15(17)16(3)13(2)12-14-9-7-6-8-10-14/h6-10,13H,4-5,11-12H2,1-3H3. The normalized spacial score (nSPS) is 12.2. The second kappa shape index (κ2) is 7.10. The molecule has 1 unspecified atom stereocenters. The minimum atomic E-state index is 0.260. The van der Waals surface area contributed by atoms with Gasteiger partial charge in [-0.05, 0) is 25.3 Å². The van der Waals surface area contributed by atoms with Gasteiger partial charge >= 0.3 is 0 Å². The molecular weight excluding hydrogens is 210 g/mol. The number of carbonyl (C=O) groups excluding carboxylic acids is 1. The van der Waals surface area contributed by atoms with Gasteiger partial charge < -0.3 is 4.90 Å². The number of carbonyl (C=O) groups is 1. The summed E-state index contributed by atoms with van der Waals surface area (Å²) in [5.74, 6) is 0.260. The molecule has 1 atom stereocenters. The van der Waals surface area contributed by atoms with Crippen LogP contribution in [-0.4, -0.2) is 23.9 Å². The van der Waals surface area contributed by atoms with Crippen molar-refractivity contribution < 1.29 is 4.79 Å². The minimum absolute atomic E-state index is 0.260. The monoisotopic (exact) mass is 233 g/mol. The molecule has 0 radical (unpaired) electrons. The van der Waals surface area contributed by atoms with Crippen LogP contribution in [0.5, 0.6) is 0 Å². The largest absolute Gasteiger partial charge is 0.343 e. The van der Waals surface area contributed by atoms with Crippen LogP contribution in [0.4, 0.5) is 0 Å². The predicted molar refractivity (Wildman–Crippen MR) is 71.9 cm³/mol. The Kier molecular flexibility index (Phi) is 5.75. The summed E-state index contributed by atoms with van der Waals surface area (Å²) in [4.78, 5) is 13.7. The van der Waals surface area contributed by atoms with E-state index in [9.17, 15) is 4.79 Å². The molecule has 1 aromatic rings. The zero-order valence-corrected chi connectivity index (χ0v) is 11.1. The molecule has 0 fully saturated rings. The highest BCUT2D eigenvalue weighted by Crippen LogP contribution is 2.09. The fraction of sp³-hybridized carbons (Fsp3) is 0.533. The third-order valence-electron chi connectivity index (χ3n) is 3.17. The van der Waals surface area contributed by atoms with Crippen LogP contribution in [0.2, 0.25) is 0 Å². The number of nitrogens with zero attached hydrogens (tertiary/aromatic N) is 1. The van der Waals surface area contributed by atoms with Crippen LogP contribution in [0.3, 0.4) is 0 Å². The van der Waals surface area contributed by atoms with Gasteiger partial charge in [0, 0.05) is 19.5 Å². The summed E-state index contributed by atoms with van der Waals surface area (Å²) in [6, 6.07) is 10.6. The van der Waals surface area contributed by atoms with Gasteiger partial charge in [0.05, 0.1) is 0 Å². The third-order valence-corrected chi connectivity index (χ3v) is 3.17. The average molecular weight is 233 g/mol. The van der Waals surface area contributed by atoms with Gasteiger partial charge in [-0.3, -0.25) is 4.79 Å². The molecule has 0 bridgehead atoms. The van der Waals surface area contributed by atoms with Gasteiger partial charge in [-0.15, -0.1) is 0 Å². The lowest BCUT2D eigenvalue weighted by Crippen LogP contribution is -2.36. The van der Waals surface area contributed by atoms with Gasteiger partial charge in [-0.25, -0.2) is 0 Å². The lowest BCUT2D eigenvalue weighted by atomic mass is 10.1. The number of hydrogen-bond donors (Lipinski definition) is 0. The lowest BCUT2D eigenvalue weighted by molar-refractivity contribution is -0.131. The van der Waals surface area contributed by atoms with Gasteiger partial charge in [0.2, 0.25) is 5.91 Å². The van der Waals surface area contributed by atoms with Crippen LogP contribution in [0, 0.1) is 0 Å². The van der Waals surface area contributed by atoms with Crippen molar-refractivity contribution in [3.05, 3.63) is 35.9 Å². The van der Waals surface area contributed by atoms with E-state index < -0.39 is 0 Å². The van der Waals surface area contributed by atoms with Crippen LogP contribution >= 0.6 is 0 Å². The van der Waals surface area contributed by atoms with Crippen LogP contribution in [-0.2, 0) is 11.2 Å². The predicted octanol–water partition coefficient (Wildman–Crippen LogP) is 3.27. The topological polar surface area (TPSA) is 20.3 Å². The first-order valence-electron chi connectivity index (χ1n) is 6.44. The Morgan fingerprint density at radius 3 is 2.53 bits per heavy atom. The van der Waals surface area contributed by atoms with Crippen molar-refractivity contribution in [1.82, 2.24) is 4.90 Å². The Labute approximate surface area is 105 Å². The highest BCUT2D eigenvalue weighted by atomic mass is 16.2. The summed E-state index contributed by atoms with van der Waals surface area (Å²) in [5.41, 5.74) is 1.29. The van der Waals surface area contributed by atoms with Crippen molar-refractivity contribution >= 4 is 5.91 Å². The van der Waals surface area contributed by atoms with Crippen molar-refractivity contribution in [2.45, 2.75) is 45.6 Å². The summed E-state index contributed by atoms with van der Waals surface area (Å²) in [7, 11) is 1.91. The molecule has 0 aliphatic rings. The van der Waals surface area contributed by atoms with Crippen LogP contribution < -0.4 is 0 Å². The number of unbranched alkanes of at least 4 members (excludes halogenated alkanes) is 1. The molecule has 1 rings (SSSR count). The number of rotatable bonds is 6. The van der Waals surface area contributed by atoms with E-state index in [4.69, 9.17) is 0 Å². The van der Waals surface area contributed by atoms with Crippen LogP contribution in [0.15, 0.2) is 30.3 Å². The first-order valence-corrected chi connectivity index (χ1v) is 6.44. The Balaban J connectivity index is 2.46. The highest BCUT2D eigenvalue weighted by Gasteiger charge is 2.15. The average Bonchev–Trinajstić information content (AvgIpc) is 2.36. The van der Waals surface area contributed by atoms with E-state index >= 15 is 0 Å². The molecule has 0 aliphatic heterocycles. The number of benzene rings is 1. The molecular formula is C15H23NO. The van der Waals surface area contributed by atoms with E-state index in [1.807, 2.05) is 30.1 Å². The number of amides is 1. The fourth-order valence-corrected chi connectivity index (χ4v) is 1.84. The first-order chi connectivity index (χ1) is 8.15. The quantitative estimate of drug-likeness (QED) is 0.738. The minimum Gasteiger partial charge on any atom is -0.343 e. The molecule has 1 amide bonds. The van der Waals surface area contributed by atoms with E-state index in [-0.39, 0.29) is 11.9 Å². The van der Waals surface area contributed by atoms with Gasteiger partial charge in [0.15, 0.2) is 0 Å². The maximum atomic E-state index is 11.9. The number of hydrogen-bond acceptors (Lipinski definition) is 1. The van der Waals surface area contributed by atoms with Crippen LogP contribution in [0.1, 0.15) is 38.7 Å². The van der Waals surface area contributed by atoms with Crippen molar-refractivity contribution in [2.24, 2.45) is 0 Å². The molecule has 0 aromatic heterocycles. The number of likely N-dealkylation sites (N-methyl/N-ethyl adjacent to an activating group) is 1. The van der Waals surface area contributed by atoms with Gasteiger partial charge in [-0.1, -0.05) is 43.7 Å². The maximum absolute atomic E-state index is 11.9. The molecule has 0 saturated heterocycles.